The summed E-state index contributed by atoms with van der Waals surface area (Å²) >= 11 is 7.73. The predicted octanol–water partition coefficient (Wildman–Crippen LogP) is 4.20. The highest BCUT2D eigenvalue weighted by molar-refractivity contribution is 7.98. The third-order valence-corrected chi connectivity index (χ3v) is 5.91. The van der Waals surface area contributed by atoms with E-state index in [1.807, 2.05) is 25.3 Å². The van der Waals surface area contributed by atoms with Crippen molar-refractivity contribution in [3.63, 3.8) is 0 Å². The van der Waals surface area contributed by atoms with Crippen molar-refractivity contribution in [2.45, 2.75) is 56.6 Å². The lowest BCUT2D eigenvalue weighted by Crippen LogP contribution is -2.30. The molecule has 1 aromatic carbocycles. The molecule has 1 N–H and O–H groups in total. The van der Waals surface area contributed by atoms with Crippen LogP contribution < -0.4 is 10.1 Å². The summed E-state index contributed by atoms with van der Waals surface area (Å²) in [5.41, 5.74) is 1.04. The summed E-state index contributed by atoms with van der Waals surface area (Å²) in [6, 6.07) is 6.03. The first-order valence-corrected chi connectivity index (χ1v) is 11.3. The van der Waals surface area contributed by atoms with Gasteiger partial charge in [0.15, 0.2) is 11.8 Å². The number of amides is 1. The molecule has 152 valence electrons. The molecule has 1 saturated carbocycles. The highest BCUT2D eigenvalue weighted by Gasteiger charge is 2.23. The molecule has 1 aliphatic rings. The van der Waals surface area contributed by atoms with Gasteiger partial charge in [0.1, 0.15) is 11.6 Å². The van der Waals surface area contributed by atoms with Gasteiger partial charge in [-0.3, -0.25) is 4.79 Å². The molecule has 0 aliphatic heterocycles. The Morgan fingerprint density at radius 1 is 1.36 bits per heavy atom. The van der Waals surface area contributed by atoms with Gasteiger partial charge in [0, 0.05) is 19.0 Å². The molecular weight excluding hydrogens is 396 g/mol. The normalized spacial score (nSPS) is 14.4. The number of hydrogen-bond acceptors (Lipinski definition) is 5. The van der Waals surface area contributed by atoms with Crippen LogP contribution in [0.25, 0.3) is 0 Å². The number of aryl methyl sites for hydroxylation is 2. The lowest BCUT2D eigenvalue weighted by atomic mass is 10.2. The summed E-state index contributed by atoms with van der Waals surface area (Å²) in [5.74, 6) is 1.40. The summed E-state index contributed by atoms with van der Waals surface area (Å²) in [7, 11) is 0. The Bertz CT molecular complexity index is 805. The zero-order valence-electron chi connectivity index (χ0n) is 16.4. The average molecular weight is 423 g/mol. The van der Waals surface area contributed by atoms with Crippen molar-refractivity contribution in [1.82, 2.24) is 20.1 Å². The molecule has 3 rings (SSSR count). The average Bonchev–Trinajstić information content (AvgIpc) is 3.35. The summed E-state index contributed by atoms with van der Waals surface area (Å²) in [6.07, 6.45) is 8.61. The van der Waals surface area contributed by atoms with E-state index >= 15 is 0 Å². The van der Waals surface area contributed by atoms with E-state index in [4.69, 9.17) is 16.3 Å². The molecule has 0 saturated heterocycles. The quantitative estimate of drug-likeness (QED) is 0.484. The SMILES string of the molecule is CSc1nnc(CCCNC(=O)COc2cc(C)ccc2Cl)n1C1CCCC1. The highest BCUT2D eigenvalue weighted by atomic mass is 35.5. The zero-order chi connectivity index (χ0) is 19.9. The van der Waals surface area contributed by atoms with Crippen LogP contribution in [-0.4, -0.2) is 40.1 Å². The Balaban J connectivity index is 1.44. The van der Waals surface area contributed by atoms with Gasteiger partial charge in [-0.1, -0.05) is 42.3 Å². The standard InChI is InChI=1S/C20H27ClN4O2S/c1-14-9-10-16(21)17(12-14)27-13-19(26)22-11-5-8-18-23-24-20(28-2)25(18)15-6-3-4-7-15/h9-10,12,15H,3-8,11,13H2,1-2H3,(H,22,26). The lowest BCUT2D eigenvalue weighted by Gasteiger charge is -2.16. The van der Waals surface area contributed by atoms with Crippen LogP contribution in [-0.2, 0) is 11.2 Å². The van der Waals surface area contributed by atoms with E-state index in [1.54, 1.807) is 17.8 Å². The molecule has 1 aromatic heterocycles. The minimum absolute atomic E-state index is 0.0436. The van der Waals surface area contributed by atoms with Crippen LogP contribution >= 0.6 is 23.4 Å². The number of carbonyl (C=O) groups excluding carboxylic acids is 1. The fourth-order valence-electron chi connectivity index (χ4n) is 3.54. The highest BCUT2D eigenvalue weighted by Crippen LogP contribution is 2.33. The second-order valence-electron chi connectivity index (χ2n) is 7.09. The number of nitrogens with zero attached hydrogens (tertiary/aromatic N) is 3. The van der Waals surface area contributed by atoms with Gasteiger partial charge < -0.3 is 14.6 Å². The van der Waals surface area contributed by atoms with Gasteiger partial charge >= 0.3 is 0 Å². The second-order valence-corrected chi connectivity index (χ2v) is 8.27. The predicted molar refractivity (Wildman–Crippen MR) is 112 cm³/mol. The number of rotatable bonds is 9. The minimum Gasteiger partial charge on any atom is -0.482 e. The van der Waals surface area contributed by atoms with E-state index in [0.29, 0.717) is 23.4 Å². The molecule has 1 heterocycles. The van der Waals surface area contributed by atoms with Crippen molar-refractivity contribution in [2.24, 2.45) is 0 Å². The van der Waals surface area contributed by atoms with E-state index in [0.717, 1.165) is 29.4 Å². The molecule has 0 spiro atoms. The van der Waals surface area contributed by atoms with Crippen molar-refractivity contribution in [3.05, 3.63) is 34.6 Å². The fourth-order valence-corrected chi connectivity index (χ4v) is 4.28. The number of halogens is 1. The zero-order valence-corrected chi connectivity index (χ0v) is 18.0. The molecular formula is C20H27ClN4O2S. The molecule has 6 nitrogen and oxygen atoms in total. The molecule has 28 heavy (non-hydrogen) atoms. The van der Waals surface area contributed by atoms with Crippen LogP contribution in [0.2, 0.25) is 5.02 Å². The molecule has 2 aromatic rings. The number of thioether (sulfide) groups is 1. The molecule has 1 fully saturated rings. The van der Waals surface area contributed by atoms with Gasteiger partial charge in [-0.2, -0.15) is 0 Å². The number of ether oxygens (including phenoxy) is 1. The van der Waals surface area contributed by atoms with Gasteiger partial charge in [0.05, 0.1) is 5.02 Å². The molecule has 8 heteroatoms. The molecule has 0 unspecified atom stereocenters. The summed E-state index contributed by atoms with van der Waals surface area (Å²) in [6.45, 7) is 2.49. The molecule has 1 aliphatic carbocycles. The smallest absolute Gasteiger partial charge is 0.257 e. The van der Waals surface area contributed by atoms with Crippen molar-refractivity contribution in [1.29, 1.82) is 0 Å². The maximum Gasteiger partial charge on any atom is 0.257 e. The third-order valence-electron chi connectivity index (χ3n) is 4.95. The summed E-state index contributed by atoms with van der Waals surface area (Å²) < 4.78 is 7.83. The number of hydrogen-bond donors (Lipinski definition) is 1. The van der Waals surface area contributed by atoms with E-state index in [9.17, 15) is 4.79 Å². The van der Waals surface area contributed by atoms with Gasteiger partial charge in [0.25, 0.3) is 5.91 Å². The lowest BCUT2D eigenvalue weighted by molar-refractivity contribution is -0.123. The maximum atomic E-state index is 12.0. The van der Waals surface area contributed by atoms with Crippen LogP contribution in [0.3, 0.4) is 0 Å². The Morgan fingerprint density at radius 3 is 2.89 bits per heavy atom. The first kappa shape index (κ1) is 21.0. The van der Waals surface area contributed by atoms with Crippen LogP contribution in [0.5, 0.6) is 5.75 Å². The van der Waals surface area contributed by atoms with Gasteiger partial charge in [-0.25, -0.2) is 0 Å². The number of benzene rings is 1. The van der Waals surface area contributed by atoms with Gasteiger partial charge in [0.2, 0.25) is 0 Å². The van der Waals surface area contributed by atoms with Gasteiger partial charge in [-0.15, -0.1) is 10.2 Å². The van der Waals surface area contributed by atoms with Crippen LogP contribution in [0.4, 0.5) is 0 Å². The Labute approximate surface area is 175 Å². The summed E-state index contributed by atoms with van der Waals surface area (Å²) in [5, 5.41) is 13.1. The number of aromatic nitrogens is 3. The van der Waals surface area contributed by atoms with E-state index in [2.05, 4.69) is 20.1 Å². The van der Waals surface area contributed by atoms with Crippen LogP contribution in [0.1, 0.15) is 49.5 Å². The van der Waals surface area contributed by atoms with Crippen molar-refractivity contribution in [3.8, 4) is 5.75 Å². The van der Waals surface area contributed by atoms with Crippen molar-refractivity contribution < 1.29 is 9.53 Å². The number of carbonyl (C=O) groups is 1. The van der Waals surface area contributed by atoms with E-state index in [-0.39, 0.29) is 12.5 Å². The van der Waals surface area contributed by atoms with Gasteiger partial charge in [-0.05, 0) is 50.1 Å². The van der Waals surface area contributed by atoms with Crippen molar-refractivity contribution in [2.75, 3.05) is 19.4 Å². The molecule has 1 amide bonds. The third kappa shape index (κ3) is 5.41. The first-order chi connectivity index (χ1) is 13.6. The second kappa shape index (κ2) is 10.2. The van der Waals surface area contributed by atoms with E-state index in [1.165, 1.54) is 25.7 Å². The van der Waals surface area contributed by atoms with E-state index < -0.39 is 0 Å². The van der Waals surface area contributed by atoms with Crippen LogP contribution in [0.15, 0.2) is 23.4 Å². The van der Waals surface area contributed by atoms with Crippen molar-refractivity contribution >= 4 is 29.3 Å². The minimum atomic E-state index is -0.153. The molecule has 0 radical (unpaired) electrons. The van der Waals surface area contributed by atoms with Crippen LogP contribution in [0, 0.1) is 6.92 Å². The maximum absolute atomic E-state index is 12.0. The monoisotopic (exact) mass is 422 g/mol. The topological polar surface area (TPSA) is 69.0 Å². The molecule has 0 bridgehead atoms. The molecule has 0 atom stereocenters. The Hall–Kier alpha value is -1.73. The first-order valence-electron chi connectivity index (χ1n) is 9.72. The largest absolute Gasteiger partial charge is 0.482 e. The Morgan fingerprint density at radius 2 is 2.14 bits per heavy atom. The Kier molecular flexibility index (Phi) is 7.62. The fraction of sp³-hybridized carbons (Fsp3) is 0.550. The number of nitrogens with one attached hydrogen (secondary N) is 1. The summed E-state index contributed by atoms with van der Waals surface area (Å²) in [4.78, 5) is 12.0.